The van der Waals surface area contributed by atoms with E-state index in [1.807, 2.05) is 0 Å². The molecule has 0 unspecified atom stereocenters. The molecule has 2 aliphatic rings. The van der Waals surface area contributed by atoms with Crippen molar-refractivity contribution in [1.82, 2.24) is 4.90 Å². The Morgan fingerprint density at radius 1 is 1.27 bits per heavy atom. The number of hydrogen-bond donors (Lipinski definition) is 1. The van der Waals surface area contributed by atoms with Gasteiger partial charge in [-0.25, -0.2) is 0 Å². The van der Waals surface area contributed by atoms with Gasteiger partial charge in [-0.1, -0.05) is 25.1 Å². The molecule has 1 aromatic carbocycles. The standard InChI is InChI=1S/C13H18N2/c1-2-15-8-10-3-4-12(7-11(10)9-15)13(14)5-6-13/h3-4,7H,2,5-6,8-9,14H2,1H3. The first-order valence-electron chi connectivity index (χ1n) is 5.85. The highest BCUT2D eigenvalue weighted by Gasteiger charge is 2.40. The van der Waals surface area contributed by atoms with Gasteiger partial charge < -0.3 is 5.73 Å². The fraction of sp³-hybridized carbons (Fsp3) is 0.538. The van der Waals surface area contributed by atoms with Crippen LogP contribution in [0.1, 0.15) is 36.5 Å². The van der Waals surface area contributed by atoms with E-state index in [0.717, 1.165) is 32.5 Å². The first-order chi connectivity index (χ1) is 7.21. The summed E-state index contributed by atoms with van der Waals surface area (Å²) in [5.74, 6) is 0. The second kappa shape index (κ2) is 3.06. The number of nitrogens with two attached hydrogens (primary N) is 1. The van der Waals surface area contributed by atoms with Crippen LogP contribution in [0.2, 0.25) is 0 Å². The monoisotopic (exact) mass is 202 g/mol. The summed E-state index contributed by atoms with van der Waals surface area (Å²) in [5.41, 5.74) is 10.6. The second-order valence-electron chi connectivity index (χ2n) is 4.94. The lowest BCUT2D eigenvalue weighted by Gasteiger charge is -2.10. The molecule has 0 aromatic heterocycles. The van der Waals surface area contributed by atoms with E-state index in [1.54, 1.807) is 0 Å². The Hall–Kier alpha value is -0.860. The number of hydrogen-bond acceptors (Lipinski definition) is 2. The zero-order chi connectivity index (χ0) is 10.5. The molecule has 1 heterocycles. The Bertz CT molecular complexity index is 394. The molecule has 1 fully saturated rings. The minimum absolute atomic E-state index is 0.0225. The van der Waals surface area contributed by atoms with E-state index in [9.17, 15) is 0 Å². The quantitative estimate of drug-likeness (QED) is 0.794. The van der Waals surface area contributed by atoms with Crippen LogP contribution in [0.25, 0.3) is 0 Å². The number of nitrogens with zero attached hydrogens (tertiary/aromatic N) is 1. The Morgan fingerprint density at radius 3 is 2.67 bits per heavy atom. The smallest absolute Gasteiger partial charge is 0.0411 e. The largest absolute Gasteiger partial charge is 0.321 e. The molecule has 1 aliphatic carbocycles. The van der Waals surface area contributed by atoms with Gasteiger partial charge in [-0.15, -0.1) is 0 Å². The van der Waals surface area contributed by atoms with Gasteiger partial charge >= 0.3 is 0 Å². The molecule has 1 aliphatic heterocycles. The van der Waals surface area contributed by atoms with E-state index < -0.39 is 0 Å². The van der Waals surface area contributed by atoms with Crippen molar-refractivity contribution < 1.29 is 0 Å². The Morgan fingerprint density at radius 2 is 2.00 bits per heavy atom. The van der Waals surface area contributed by atoms with Crippen molar-refractivity contribution in [3.63, 3.8) is 0 Å². The van der Waals surface area contributed by atoms with Gasteiger partial charge in [0.05, 0.1) is 0 Å². The zero-order valence-corrected chi connectivity index (χ0v) is 9.29. The number of rotatable bonds is 2. The maximum atomic E-state index is 6.22. The van der Waals surface area contributed by atoms with Gasteiger partial charge in [0.25, 0.3) is 0 Å². The molecule has 0 atom stereocenters. The lowest BCUT2D eigenvalue weighted by Crippen LogP contribution is -2.18. The van der Waals surface area contributed by atoms with E-state index >= 15 is 0 Å². The summed E-state index contributed by atoms with van der Waals surface area (Å²) in [6.45, 7) is 5.58. The average Bonchev–Trinajstić information content (AvgIpc) is 2.86. The fourth-order valence-corrected chi connectivity index (χ4v) is 2.42. The van der Waals surface area contributed by atoms with E-state index in [4.69, 9.17) is 5.73 Å². The van der Waals surface area contributed by atoms with E-state index in [1.165, 1.54) is 16.7 Å². The normalized spacial score (nSPS) is 22.8. The van der Waals surface area contributed by atoms with Crippen molar-refractivity contribution in [2.75, 3.05) is 6.54 Å². The van der Waals surface area contributed by atoms with E-state index in [0.29, 0.717) is 0 Å². The summed E-state index contributed by atoms with van der Waals surface area (Å²) in [4.78, 5) is 2.46. The Kier molecular flexibility index (Phi) is 1.91. The van der Waals surface area contributed by atoms with Crippen molar-refractivity contribution in [3.05, 3.63) is 34.9 Å². The van der Waals surface area contributed by atoms with Gasteiger partial charge in [-0.05, 0) is 36.1 Å². The Labute approximate surface area is 91.1 Å². The molecule has 2 N–H and O–H groups in total. The molecule has 3 rings (SSSR count). The third-order valence-electron chi connectivity index (χ3n) is 3.80. The van der Waals surface area contributed by atoms with E-state index in [-0.39, 0.29) is 5.54 Å². The van der Waals surface area contributed by atoms with Gasteiger partial charge in [-0.2, -0.15) is 0 Å². The maximum absolute atomic E-state index is 6.22. The predicted octanol–water partition coefficient (Wildman–Crippen LogP) is 1.97. The molecular formula is C13H18N2. The summed E-state index contributed by atoms with van der Waals surface area (Å²) in [5, 5.41) is 0. The minimum atomic E-state index is 0.0225. The summed E-state index contributed by atoms with van der Waals surface area (Å²) >= 11 is 0. The van der Waals surface area contributed by atoms with Crippen molar-refractivity contribution >= 4 is 0 Å². The average molecular weight is 202 g/mol. The molecule has 0 spiro atoms. The van der Waals surface area contributed by atoms with Gasteiger partial charge in [0.15, 0.2) is 0 Å². The molecule has 2 heteroatoms. The lowest BCUT2D eigenvalue weighted by atomic mass is 10.0. The number of fused-ring (bicyclic) bond motifs is 1. The van der Waals surface area contributed by atoms with E-state index in [2.05, 4.69) is 30.0 Å². The van der Waals surface area contributed by atoms with Crippen LogP contribution < -0.4 is 5.73 Å². The highest BCUT2D eigenvalue weighted by Crippen LogP contribution is 2.43. The summed E-state index contributed by atoms with van der Waals surface area (Å²) in [6, 6.07) is 6.83. The lowest BCUT2D eigenvalue weighted by molar-refractivity contribution is 0.301. The van der Waals surface area contributed by atoms with Crippen LogP contribution in [0.3, 0.4) is 0 Å². The van der Waals surface area contributed by atoms with Crippen molar-refractivity contribution in [2.45, 2.75) is 38.4 Å². The molecule has 0 amide bonds. The maximum Gasteiger partial charge on any atom is 0.0411 e. The molecular weight excluding hydrogens is 184 g/mol. The molecule has 80 valence electrons. The third kappa shape index (κ3) is 1.48. The zero-order valence-electron chi connectivity index (χ0n) is 9.29. The molecule has 15 heavy (non-hydrogen) atoms. The van der Waals surface area contributed by atoms with Crippen molar-refractivity contribution in [3.8, 4) is 0 Å². The predicted molar refractivity (Wildman–Crippen MR) is 61.3 cm³/mol. The van der Waals surface area contributed by atoms with Crippen LogP contribution in [0, 0.1) is 0 Å². The Balaban J connectivity index is 1.92. The summed E-state index contributed by atoms with van der Waals surface area (Å²) in [7, 11) is 0. The SMILES string of the molecule is CCN1Cc2ccc(C3(N)CC3)cc2C1. The first-order valence-corrected chi connectivity index (χ1v) is 5.85. The van der Waals surface area contributed by atoms with Crippen LogP contribution in [0.4, 0.5) is 0 Å². The van der Waals surface area contributed by atoms with Crippen LogP contribution in [0.15, 0.2) is 18.2 Å². The summed E-state index contributed by atoms with van der Waals surface area (Å²) in [6.07, 6.45) is 2.31. The highest BCUT2D eigenvalue weighted by atomic mass is 15.1. The summed E-state index contributed by atoms with van der Waals surface area (Å²) < 4.78 is 0. The van der Waals surface area contributed by atoms with Crippen molar-refractivity contribution in [2.24, 2.45) is 5.73 Å². The van der Waals surface area contributed by atoms with Crippen LogP contribution in [-0.2, 0) is 18.6 Å². The molecule has 0 bridgehead atoms. The number of benzene rings is 1. The van der Waals surface area contributed by atoms with Crippen LogP contribution in [0.5, 0.6) is 0 Å². The third-order valence-corrected chi connectivity index (χ3v) is 3.80. The van der Waals surface area contributed by atoms with Crippen LogP contribution >= 0.6 is 0 Å². The van der Waals surface area contributed by atoms with Gasteiger partial charge in [0, 0.05) is 18.6 Å². The highest BCUT2D eigenvalue weighted by molar-refractivity contribution is 5.39. The fourth-order valence-electron chi connectivity index (χ4n) is 2.42. The molecule has 1 saturated carbocycles. The van der Waals surface area contributed by atoms with Gasteiger partial charge in [0.2, 0.25) is 0 Å². The first kappa shape index (κ1) is 9.37. The molecule has 0 radical (unpaired) electrons. The molecule has 2 nitrogen and oxygen atoms in total. The van der Waals surface area contributed by atoms with Crippen molar-refractivity contribution in [1.29, 1.82) is 0 Å². The van der Waals surface area contributed by atoms with Gasteiger partial charge in [-0.3, -0.25) is 4.90 Å². The van der Waals surface area contributed by atoms with Crippen LogP contribution in [-0.4, -0.2) is 11.4 Å². The topological polar surface area (TPSA) is 29.3 Å². The minimum Gasteiger partial charge on any atom is -0.321 e. The second-order valence-corrected chi connectivity index (χ2v) is 4.94. The molecule has 1 aromatic rings. The van der Waals surface area contributed by atoms with Gasteiger partial charge in [0.1, 0.15) is 0 Å². The molecule has 0 saturated heterocycles.